The van der Waals surface area contributed by atoms with Crippen LogP contribution in [0.3, 0.4) is 0 Å². The van der Waals surface area contributed by atoms with Crippen molar-refractivity contribution < 1.29 is 8.78 Å². The zero-order valence-electron chi connectivity index (χ0n) is 9.68. The lowest BCUT2D eigenvalue weighted by Gasteiger charge is -2.45. The number of rotatable bonds is 4. The predicted octanol–water partition coefficient (Wildman–Crippen LogP) is 2.09. The van der Waals surface area contributed by atoms with Gasteiger partial charge in [0.05, 0.1) is 6.54 Å². The van der Waals surface area contributed by atoms with Crippen LogP contribution in [-0.2, 0) is 0 Å². The van der Waals surface area contributed by atoms with Crippen LogP contribution >= 0.6 is 0 Å². The fourth-order valence-corrected chi connectivity index (χ4v) is 2.44. The molecule has 1 rings (SSSR count). The number of nitrogens with two attached hydrogens (primary N) is 1. The SMILES string of the molecule is CC1CCC(CN)(N(C)CC(F)F)CC1. The highest BCUT2D eigenvalue weighted by Crippen LogP contribution is 2.35. The predicted molar refractivity (Wildman–Crippen MR) is 58.1 cm³/mol. The molecule has 0 bridgehead atoms. The van der Waals surface area contributed by atoms with Crippen LogP contribution in [0.4, 0.5) is 8.78 Å². The maximum absolute atomic E-state index is 12.3. The largest absolute Gasteiger partial charge is 0.329 e. The fourth-order valence-electron chi connectivity index (χ4n) is 2.44. The summed E-state index contributed by atoms with van der Waals surface area (Å²) in [4.78, 5) is 1.77. The molecule has 1 saturated carbocycles. The monoisotopic (exact) mass is 220 g/mol. The molecule has 15 heavy (non-hydrogen) atoms. The summed E-state index contributed by atoms with van der Waals surface area (Å²) in [7, 11) is 1.77. The normalized spacial score (nSPS) is 32.6. The maximum atomic E-state index is 12.3. The van der Waals surface area contributed by atoms with Gasteiger partial charge in [0, 0.05) is 12.1 Å². The number of nitrogens with zero attached hydrogens (tertiary/aromatic N) is 1. The Morgan fingerprint density at radius 3 is 2.33 bits per heavy atom. The van der Waals surface area contributed by atoms with Gasteiger partial charge in [-0.2, -0.15) is 0 Å². The average Bonchev–Trinajstić information content (AvgIpc) is 2.18. The standard InChI is InChI=1S/C11H22F2N2/c1-9-3-5-11(8-14,6-4-9)15(2)7-10(12)13/h9-10H,3-8,14H2,1-2H3. The third-order valence-electron chi connectivity index (χ3n) is 3.81. The van der Waals surface area contributed by atoms with Gasteiger partial charge in [-0.1, -0.05) is 6.92 Å². The Bertz CT molecular complexity index is 189. The molecule has 0 amide bonds. The summed E-state index contributed by atoms with van der Waals surface area (Å²) >= 11 is 0. The van der Waals surface area contributed by atoms with E-state index in [9.17, 15) is 8.78 Å². The number of hydrogen-bond acceptors (Lipinski definition) is 2. The molecule has 0 radical (unpaired) electrons. The van der Waals surface area contributed by atoms with Crippen LogP contribution in [0.5, 0.6) is 0 Å². The van der Waals surface area contributed by atoms with Gasteiger partial charge in [-0.3, -0.25) is 4.90 Å². The van der Waals surface area contributed by atoms with E-state index in [1.807, 2.05) is 0 Å². The van der Waals surface area contributed by atoms with Crippen LogP contribution < -0.4 is 5.73 Å². The molecule has 0 spiro atoms. The number of halogens is 2. The van der Waals surface area contributed by atoms with Crippen molar-refractivity contribution in [2.24, 2.45) is 11.7 Å². The fraction of sp³-hybridized carbons (Fsp3) is 1.00. The molecule has 4 heteroatoms. The molecule has 1 fully saturated rings. The van der Waals surface area contributed by atoms with Gasteiger partial charge in [-0.05, 0) is 38.6 Å². The van der Waals surface area contributed by atoms with Crippen molar-refractivity contribution in [2.75, 3.05) is 20.1 Å². The molecule has 1 aliphatic rings. The third-order valence-corrected chi connectivity index (χ3v) is 3.81. The number of likely N-dealkylation sites (N-methyl/N-ethyl adjacent to an activating group) is 1. The second-order valence-electron chi connectivity index (χ2n) is 4.88. The molecular weight excluding hydrogens is 198 g/mol. The molecule has 0 atom stereocenters. The Labute approximate surface area is 90.8 Å². The third kappa shape index (κ3) is 3.11. The van der Waals surface area contributed by atoms with Crippen molar-refractivity contribution in [3.8, 4) is 0 Å². The molecule has 0 unspecified atom stereocenters. The summed E-state index contributed by atoms with van der Waals surface area (Å²) < 4.78 is 24.7. The van der Waals surface area contributed by atoms with E-state index in [2.05, 4.69) is 6.92 Å². The van der Waals surface area contributed by atoms with Gasteiger partial charge in [-0.15, -0.1) is 0 Å². The molecule has 2 N–H and O–H groups in total. The lowest BCUT2D eigenvalue weighted by Crippen LogP contribution is -2.55. The zero-order valence-corrected chi connectivity index (χ0v) is 9.68. The number of hydrogen-bond donors (Lipinski definition) is 1. The Morgan fingerprint density at radius 2 is 1.93 bits per heavy atom. The molecule has 0 aromatic heterocycles. The number of alkyl halides is 2. The first-order valence-electron chi connectivity index (χ1n) is 5.69. The quantitative estimate of drug-likeness (QED) is 0.786. The van der Waals surface area contributed by atoms with E-state index in [1.54, 1.807) is 11.9 Å². The van der Waals surface area contributed by atoms with Crippen molar-refractivity contribution in [3.05, 3.63) is 0 Å². The highest BCUT2D eigenvalue weighted by Gasteiger charge is 2.37. The van der Waals surface area contributed by atoms with Gasteiger partial charge < -0.3 is 5.73 Å². The molecule has 1 aliphatic carbocycles. The summed E-state index contributed by atoms with van der Waals surface area (Å²) in [6.07, 6.45) is 1.84. The first kappa shape index (κ1) is 12.8. The Hall–Kier alpha value is -0.220. The summed E-state index contributed by atoms with van der Waals surface area (Å²) in [5.41, 5.74) is 5.60. The van der Waals surface area contributed by atoms with Crippen molar-refractivity contribution in [2.45, 2.75) is 44.6 Å². The average molecular weight is 220 g/mol. The molecule has 0 aliphatic heterocycles. The second kappa shape index (κ2) is 5.21. The smallest absolute Gasteiger partial charge is 0.251 e. The van der Waals surface area contributed by atoms with E-state index in [0.29, 0.717) is 12.5 Å². The first-order chi connectivity index (χ1) is 7.00. The summed E-state index contributed by atoms with van der Waals surface area (Å²) in [5, 5.41) is 0. The molecule has 0 saturated heterocycles. The minimum Gasteiger partial charge on any atom is -0.329 e. The maximum Gasteiger partial charge on any atom is 0.251 e. The van der Waals surface area contributed by atoms with Crippen molar-refractivity contribution in [3.63, 3.8) is 0 Å². The van der Waals surface area contributed by atoms with Gasteiger partial charge in [0.1, 0.15) is 0 Å². The Kier molecular flexibility index (Phi) is 4.46. The summed E-state index contributed by atoms with van der Waals surface area (Å²) in [6.45, 7) is 2.54. The minimum absolute atomic E-state index is 0.161. The Morgan fingerprint density at radius 1 is 1.40 bits per heavy atom. The molecule has 90 valence electrons. The van der Waals surface area contributed by atoms with Gasteiger partial charge in [0.15, 0.2) is 0 Å². The van der Waals surface area contributed by atoms with Gasteiger partial charge in [0.2, 0.25) is 0 Å². The lowest BCUT2D eigenvalue weighted by atomic mass is 9.76. The van der Waals surface area contributed by atoms with Gasteiger partial charge in [-0.25, -0.2) is 8.78 Å². The zero-order chi connectivity index (χ0) is 11.5. The summed E-state index contributed by atoms with van der Waals surface area (Å²) in [5.74, 6) is 0.713. The van der Waals surface area contributed by atoms with Gasteiger partial charge >= 0.3 is 0 Å². The van der Waals surface area contributed by atoms with Crippen molar-refractivity contribution >= 4 is 0 Å². The van der Waals surface area contributed by atoms with E-state index in [1.165, 1.54) is 0 Å². The van der Waals surface area contributed by atoms with E-state index >= 15 is 0 Å². The second-order valence-corrected chi connectivity index (χ2v) is 4.88. The summed E-state index contributed by atoms with van der Waals surface area (Å²) in [6, 6.07) is 0. The van der Waals surface area contributed by atoms with E-state index < -0.39 is 6.43 Å². The lowest BCUT2D eigenvalue weighted by molar-refractivity contribution is 0.0142. The topological polar surface area (TPSA) is 29.3 Å². The van der Waals surface area contributed by atoms with E-state index in [0.717, 1.165) is 25.7 Å². The highest BCUT2D eigenvalue weighted by atomic mass is 19.3. The van der Waals surface area contributed by atoms with Crippen LogP contribution in [0.15, 0.2) is 0 Å². The molecular formula is C11H22F2N2. The van der Waals surface area contributed by atoms with Crippen LogP contribution in [-0.4, -0.2) is 37.0 Å². The molecule has 0 heterocycles. The van der Waals surface area contributed by atoms with Gasteiger partial charge in [0.25, 0.3) is 6.43 Å². The minimum atomic E-state index is -2.27. The van der Waals surface area contributed by atoms with Crippen LogP contribution in [0, 0.1) is 5.92 Å². The van der Waals surface area contributed by atoms with Crippen molar-refractivity contribution in [1.29, 1.82) is 0 Å². The van der Waals surface area contributed by atoms with Crippen LogP contribution in [0.25, 0.3) is 0 Å². The molecule has 0 aromatic carbocycles. The van der Waals surface area contributed by atoms with Crippen LogP contribution in [0.1, 0.15) is 32.6 Å². The molecule has 0 aromatic rings. The highest BCUT2D eigenvalue weighted by molar-refractivity contribution is 4.94. The van der Waals surface area contributed by atoms with Crippen LogP contribution in [0.2, 0.25) is 0 Å². The molecule has 2 nitrogen and oxygen atoms in total. The van der Waals surface area contributed by atoms with Crippen molar-refractivity contribution in [1.82, 2.24) is 4.90 Å². The Balaban J connectivity index is 2.59. The van der Waals surface area contributed by atoms with E-state index in [-0.39, 0.29) is 12.1 Å². The first-order valence-corrected chi connectivity index (χ1v) is 5.69. The van der Waals surface area contributed by atoms with E-state index in [4.69, 9.17) is 5.73 Å².